The fourth-order valence-electron chi connectivity index (χ4n) is 1.89. The van der Waals surface area contributed by atoms with Crippen LogP contribution in [0.5, 0.6) is 5.75 Å². The second-order valence-corrected chi connectivity index (χ2v) is 4.42. The van der Waals surface area contributed by atoms with Gasteiger partial charge in [-0.05, 0) is 30.3 Å². The van der Waals surface area contributed by atoms with Gasteiger partial charge < -0.3 is 15.2 Å². The first-order valence-corrected chi connectivity index (χ1v) is 6.17. The van der Waals surface area contributed by atoms with Crippen molar-refractivity contribution in [3.8, 4) is 5.75 Å². The average Bonchev–Trinajstić information content (AvgIpc) is 2.48. The van der Waals surface area contributed by atoms with E-state index < -0.39 is 5.56 Å². The Morgan fingerprint density at radius 3 is 2.71 bits per heavy atom. The SMILES string of the molecule is O=c1[nH]c2ccncc2nc1/C=C(\O)c1ccc(O)cc1. The van der Waals surface area contributed by atoms with E-state index in [-0.39, 0.29) is 17.2 Å². The van der Waals surface area contributed by atoms with Gasteiger partial charge in [0.2, 0.25) is 0 Å². The van der Waals surface area contributed by atoms with Crippen LogP contribution in [0.2, 0.25) is 0 Å². The Bertz CT molecular complexity index is 883. The predicted molar refractivity (Wildman–Crippen MR) is 78.8 cm³/mol. The maximum Gasteiger partial charge on any atom is 0.274 e. The Kier molecular flexibility index (Phi) is 3.12. The van der Waals surface area contributed by atoms with Gasteiger partial charge in [0.05, 0.1) is 11.7 Å². The number of pyridine rings is 1. The summed E-state index contributed by atoms with van der Waals surface area (Å²) in [6.45, 7) is 0. The van der Waals surface area contributed by atoms with Gasteiger partial charge in [-0.25, -0.2) is 4.98 Å². The highest BCUT2D eigenvalue weighted by Crippen LogP contribution is 2.17. The molecule has 0 bridgehead atoms. The molecule has 0 aliphatic rings. The van der Waals surface area contributed by atoms with Crippen molar-refractivity contribution in [1.82, 2.24) is 15.0 Å². The molecule has 0 saturated carbocycles. The third-order valence-electron chi connectivity index (χ3n) is 2.96. The van der Waals surface area contributed by atoms with Gasteiger partial charge in [0, 0.05) is 17.8 Å². The predicted octanol–water partition coefficient (Wildman–Crippen LogP) is 2.08. The Hall–Kier alpha value is -3.15. The second kappa shape index (κ2) is 5.09. The summed E-state index contributed by atoms with van der Waals surface area (Å²) in [5.74, 6) is -0.0180. The van der Waals surface area contributed by atoms with Gasteiger partial charge in [-0.3, -0.25) is 9.78 Å². The van der Waals surface area contributed by atoms with Crippen LogP contribution < -0.4 is 5.56 Å². The molecule has 3 N–H and O–H groups in total. The zero-order chi connectivity index (χ0) is 14.8. The van der Waals surface area contributed by atoms with Crippen LogP contribution in [0.25, 0.3) is 22.9 Å². The topological polar surface area (TPSA) is 99.1 Å². The number of nitrogens with zero attached hydrogens (tertiary/aromatic N) is 2. The van der Waals surface area contributed by atoms with E-state index in [0.717, 1.165) is 0 Å². The molecule has 0 saturated heterocycles. The lowest BCUT2D eigenvalue weighted by molar-refractivity contribution is 0.475. The molecule has 0 atom stereocenters. The van der Waals surface area contributed by atoms with E-state index in [0.29, 0.717) is 16.6 Å². The molecule has 0 fully saturated rings. The summed E-state index contributed by atoms with van der Waals surface area (Å²) >= 11 is 0. The van der Waals surface area contributed by atoms with E-state index in [1.54, 1.807) is 12.3 Å². The molecule has 21 heavy (non-hydrogen) atoms. The molecule has 0 spiro atoms. The van der Waals surface area contributed by atoms with Crippen LogP contribution in [-0.4, -0.2) is 25.2 Å². The molecule has 6 nitrogen and oxygen atoms in total. The summed E-state index contributed by atoms with van der Waals surface area (Å²) in [7, 11) is 0. The average molecular weight is 281 g/mol. The summed E-state index contributed by atoms with van der Waals surface area (Å²) < 4.78 is 0. The molecule has 3 aromatic rings. The van der Waals surface area contributed by atoms with E-state index in [1.807, 2.05) is 0 Å². The van der Waals surface area contributed by atoms with Gasteiger partial charge >= 0.3 is 0 Å². The van der Waals surface area contributed by atoms with E-state index in [2.05, 4.69) is 15.0 Å². The first-order valence-electron chi connectivity index (χ1n) is 6.17. The first kappa shape index (κ1) is 12.9. The number of fused-ring (bicyclic) bond motifs is 1. The third-order valence-corrected chi connectivity index (χ3v) is 2.96. The highest BCUT2D eigenvalue weighted by molar-refractivity contribution is 5.78. The largest absolute Gasteiger partial charge is 0.508 e. The molecule has 0 unspecified atom stereocenters. The van der Waals surface area contributed by atoms with Crippen LogP contribution in [0.3, 0.4) is 0 Å². The minimum absolute atomic E-state index is 0.0843. The number of phenolic OH excluding ortho intramolecular Hbond substituents is 1. The van der Waals surface area contributed by atoms with Gasteiger partial charge in [-0.15, -0.1) is 0 Å². The van der Waals surface area contributed by atoms with Crippen LogP contribution in [0.15, 0.2) is 47.5 Å². The fourth-order valence-corrected chi connectivity index (χ4v) is 1.89. The number of benzene rings is 1. The number of aromatic amines is 1. The highest BCUT2D eigenvalue weighted by Gasteiger charge is 2.05. The van der Waals surface area contributed by atoms with Crippen molar-refractivity contribution in [2.24, 2.45) is 0 Å². The third kappa shape index (κ3) is 2.59. The number of hydrogen-bond donors (Lipinski definition) is 3. The molecule has 2 heterocycles. The number of hydrogen-bond acceptors (Lipinski definition) is 5. The first-order chi connectivity index (χ1) is 10.1. The molecule has 6 heteroatoms. The van der Waals surface area contributed by atoms with Gasteiger partial charge in [-0.1, -0.05) is 0 Å². The number of aromatic nitrogens is 3. The van der Waals surface area contributed by atoms with E-state index >= 15 is 0 Å². The Labute approximate surface area is 119 Å². The van der Waals surface area contributed by atoms with Crippen LogP contribution in [0.4, 0.5) is 0 Å². The summed E-state index contributed by atoms with van der Waals surface area (Å²) in [4.78, 5) is 22.7. The number of aromatic hydroxyl groups is 1. The normalized spacial score (nSPS) is 11.7. The lowest BCUT2D eigenvalue weighted by Crippen LogP contribution is -2.12. The summed E-state index contributed by atoms with van der Waals surface area (Å²) in [6, 6.07) is 7.62. The quantitative estimate of drug-likeness (QED) is 0.624. The van der Waals surface area contributed by atoms with Crippen LogP contribution in [0.1, 0.15) is 11.3 Å². The maximum absolute atomic E-state index is 11.9. The fraction of sp³-hybridized carbons (Fsp3) is 0. The second-order valence-electron chi connectivity index (χ2n) is 4.42. The number of aliphatic hydroxyl groups excluding tert-OH is 1. The smallest absolute Gasteiger partial charge is 0.274 e. The van der Waals surface area contributed by atoms with Crippen molar-refractivity contribution >= 4 is 22.9 Å². The Balaban J connectivity index is 2.07. The molecule has 0 aliphatic carbocycles. The maximum atomic E-state index is 11.9. The lowest BCUT2D eigenvalue weighted by Gasteiger charge is -2.01. The van der Waals surface area contributed by atoms with E-state index in [1.165, 1.54) is 36.5 Å². The van der Waals surface area contributed by atoms with Gasteiger partial charge in [0.25, 0.3) is 5.56 Å². The molecule has 2 aromatic heterocycles. The van der Waals surface area contributed by atoms with E-state index in [9.17, 15) is 15.0 Å². The zero-order valence-electron chi connectivity index (χ0n) is 10.8. The molecule has 0 radical (unpaired) electrons. The van der Waals surface area contributed by atoms with Crippen LogP contribution in [0, 0.1) is 0 Å². The highest BCUT2D eigenvalue weighted by atomic mass is 16.3. The molecule has 104 valence electrons. The number of nitrogens with one attached hydrogen (secondary N) is 1. The summed E-state index contributed by atoms with van der Waals surface area (Å²) in [6.07, 6.45) is 4.36. The molecule has 0 aliphatic heterocycles. The molecular formula is C15H11N3O3. The van der Waals surface area contributed by atoms with Crippen LogP contribution >= 0.6 is 0 Å². The number of H-pyrrole nitrogens is 1. The Morgan fingerprint density at radius 1 is 1.19 bits per heavy atom. The minimum Gasteiger partial charge on any atom is -0.508 e. The number of aliphatic hydroxyl groups is 1. The van der Waals surface area contributed by atoms with Gasteiger partial charge in [-0.2, -0.15) is 0 Å². The van der Waals surface area contributed by atoms with Crippen molar-refractivity contribution in [3.63, 3.8) is 0 Å². The molecule has 1 aromatic carbocycles. The van der Waals surface area contributed by atoms with Crippen LogP contribution in [-0.2, 0) is 0 Å². The Morgan fingerprint density at radius 2 is 1.95 bits per heavy atom. The monoisotopic (exact) mass is 281 g/mol. The van der Waals surface area contributed by atoms with Crippen molar-refractivity contribution in [3.05, 3.63) is 64.3 Å². The molecular weight excluding hydrogens is 270 g/mol. The van der Waals surface area contributed by atoms with Crippen molar-refractivity contribution in [2.45, 2.75) is 0 Å². The summed E-state index contributed by atoms with van der Waals surface area (Å²) in [5, 5.41) is 19.2. The summed E-state index contributed by atoms with van der Waals surface area (Å²) in [5.41, 5.74) is 1.26. The van der Waals surface area contributed by atoms with Gasteiger partial charge in [0.1, 0.15) is 22.7 Å². The standard InChI is InChI=1S/C15H11N3O3/c19-10-3-1-9(2-4-10)14(20)7-12-15(21)18-11-5-6-16-8-13(11)17-12/h1-8,19-20H,(H,18,21)/b14-7-. The number of phenols is 1. The van der Waals surface area contributed by atoms with Crippen molar-refractivity contribution in [2.75, 3.05) is 0 Å². The van der Waals surface area contributed by atoms with E-state index in [4.69, 9.17) is 0 Å². The molecule has 3 rings (SSSR count). The molecule has 0 amide bonds. The van der Waals surface area contributed by atoms with Crippen molar-refractivity contribution in [1.29, 1.82) is 0 Å². The van der Waals surface area contributed by atoms with Gasteiger partial charge in [0.15, 0.2) is 0 Å². The van der Waals surface area contributed by atoms with Crippen molar-refractivity contribution < 1.29 is 10.2 Å². The minimum atomic E-state index is -0.404. The zero-order valence-corrected chi connectivity index (χ0v) is 10.8. The lowest BCUT2D eigenvalue weighted by atomic mass is 10.1. The number of rotatable bonds is 2.